The molecule has 0 radical (unpaired) electrons. The van der Waals surface area contributed by atoms with Gasteiger partial charge < -0.3 is 10.8 Å². The van der Waals surface area contributed by atoms with Crippen molar-refractivity contribution in [3.8, 4) is 0 Å². The number of carboxylic acids is 1. The number of nitrogens with zero attached hydrogens (tertiary/aromatic N) is 1. The number of nitrogens with two attached hydrogens (primary N) is 1. The average molecular weight is 308 g/mol. The van der Waals surface area contributed by atoms with Gasteiger partial charge in [-0.15, -0.1) is 0 Å². The highest BCUT2D eigenvalue weighted by molar-refractivity contribution is 7.89. The number of carbonyl (C=O) groups excluding carboxylic acids is 1. The van der Waals surface area contributed by atoms with Crippen molar-refractivity contribution in [3.63, 3.8) is 0 Å². The van der Waals surface area contributed by atoms with E-state index < -0.39 is 34.4 Å². The smallest absolute Gasteiger partial charge is 0.322 e. The zero-order valence-electron chi connectivity index (χ0n) is 9.41. The number of halogens is 1. The van der Waals surface area contributed by atoms with Gasteiger partial charge in [-0.3, -0.25) is 9.59 Å². The number of amides is 1. The van der Waals surface area contributed by atoms with Crippen LogP contribution in [0.4, 0.5) is 0 Å². The fourth-order valence-corrected chi connectivity index (χ4v) is 2.84. The van der Waals surface area contributed by atoms with Crippen molar-refractivity contribution in [1.82, 2.24) is 9.71 Å². The second-order valence-corrected chi connectivity index (χ2v) is 5.52. The minimum atomic E-state index is -4.21. The van der Waals surface area contributed by atoms with Gasteiger partial charge in [0.25, 0.3) is 0 Å². The van der Waals surface area contributed by atoms with Crippen LogP contribution in [0.3, 0.4) is 0 Å². The Kier molecular flexibility index (Phi) is 4.81. The molecule has 0 aliphatic carbocycles. The van der Waals surface area contributed by atoms with E-state index in [1.165, 1.54) is 12.3 Å². The Morgan fingerprint density at radius 2 is 2.16 bits per heavy atom. The second-order valence-electron chi connectivity index (χ2n) is 3.47. The molecule has 4 N–H and O–H groups in total. The highest BCUT2D eigenvalue weighted by Gasteiger charge is 2.28. The summed E-state index contributed by atoms with van der Waals surface area (Å²) in [5.41, 5.74) is 4.84. The number of aromatic nitrogens is 1. The summed E-state index contributed by atoms with van der Waals surface area (Å²) >= 11 is 5.61. The fourth-order valence-electron chi connectivity index (χ4n) is 1.20. The van der Waals surface area contributed by atoms with Gasteiger partial charge in [-0.25, -0.2) is 13.4 Å². The molecule has 1 heterocycles. The molecular weight excluding hydrogens is 298 g/mol. The maximum atomic E-state index is 11.9. The zero-order valence-corrected chi connectivity index (χ0v) is 11.0. The molecule has 0 bridgehead atoms. The summed E-state index contributed by atoms with van der Waals surface area (Å²) in [4.78, 5) is 24.7. The zero-order chi connectivity index (χ0) is 14.6. The average Bonchev–Trinajstić information content (AvgIpc) is 2.27. The highest BCUT2D eigenvalue weighted by atomic mass is 35.5. The van der Waals surface area contributed by atoms with E-state index >= 15 is 0 Å². The molecule has 104 valence electrons. The molecule has 0 aromatic carbocycles. The van der Waals surface area contributed by atoms with Gasteiger partial charge in [0.05, 0.1) is 6.42 Å². The summed E-state index contributed by atoms with van der Waals surface area (Å²) < 4.78 is 25.6. The lowest BCUT2D eigenvalue weighted by molar-refractivity contribution is -0.140. The minimum absolute atomic E-state index is 0.307. The minimum Gasteiger partial charge on any atom is -0.480 e. The standard InChI is InChI=1S/C9H10ClN3O5S/c10-8-6(2-1-3-12-8)19(17,18)13-5(9(15)16)4-7(11)14/h1-3,5,13H,4H2,(H2,11,14)(H,15,16). The Hall–Kier alpha value is -1.71. The number of nitrogens with one attached hydrogen (secondary N) is 1. The molecule has 10 heteroatoms. The van der Waals surface area contributed by atoms with Gasteiger partial charge in [0, 0.05) is 6.20 Å². The number of pyridine rings is 1. The van der Waals surface area contributed by atoms with Crippen LogP contribution in [0.25, 0.3) is 0 Å². The van der Waals surface area contributed by atoms with Crippen molar-refractivity contribution < 1.29 is 23.1 Å². The normalized spacial score (nSPS) is 12.9. The van der Waals surface area contributed by atoms with Crippen LogP contribution >= 0.6 is 11.6 Å². The SMILES string of the molecule is NC(=O)CC(NS(=O)(=O)c1cccnc1Cl)C(=O)O. The largest absolute Gasteiger partial charge is 0.480 e. The Bertz CT molecular complexity index is 604. The lowest BCUT2D eigenvalue weighted by Crippen LogP contribution is -2.43. The van der Waals surface area contributed by atoms with Crippen LogP contribution in [-0.2, 0) is 19.6 Å². The van der Waals surface area contributed by atoms with Crippen LogP contribution < -0.4 is 10.5 Å². The molecule has 0 aliphatic heterocycles. The Balaban J connectivity index is 3.04. The van der Waals surface area contributed by atoms with E-state index in [2.05, 4.69) is 4.98 Å². The molecule has 0 spiro atoms. The van der Waals surface area contributed by atoms with Crippen molar-refractivity contribution in [1.29, 1.82) is 0 Å². The number of carbonyl (C=O) groups is 2. The van der Waals surface area contributed by atoms with Gasteiger partial charge >= 0.3 is 5.97 Å². The van der Waals surface area contributed by atoms with Crippen LogP contribution in [0, 0.1) is 0 Å². The molecule has 1 unspecified atom stereocenters. The number of aliphatic carboxylic acids is 1. The lowest BCUT2D eigenvalue weighted by Gasteiger charge is -2.13. The Labute approximate surface area is 113 Å². The van der Waals surface area contributed by atoms with Gasteiger partial charge in [-0.05, 0) is 12.1 Å². The third-order valence-electron chi connectivity index (χ3n) is 2.02. The summed E-state index contributed by atoms with van der Waals surface area (Å²) in [6.07, 6.45) is 0.603. The molecule has 19 heavy (non-hydrogen) atoms. The van der Waals surface area contributed by atoms with E-state index in [9.17, 15) is 18.0 Å². The molecule has 1 aromatic rings. The first-order valence-corrected chi connectivity index (χ1v) is 6.74. The molecule has 0 aliphatic rings. The molecule has 1 atom stereocenters. The van der Waals surface area contributed by atoms with Crippen LogP contribution in [-0.4, -0.2) is 36.4 Å². The predicted molar refractivity (Wildman–Crippen MR) is 64.8 cm³/mol. The van der Waals surface area contributed by atoms with Crippen LogP contribution in [0.15, 0.2) is 23.2 Å². The molecule has 0 fully saturated rings. The number of hydrogen-bond donors (Lipinski definition) is 3. The molecular formula is C9H10ClN3O5S. The summed E-state index contributed by atoms with van der Waals surface area (Å²) in [6, 6.07) is 0.810. The summed E-state index contributed by atoms with van der Waals surface area (Å²) in [5, 5.41) is 8.51. The molecule has 1 rings (SSSR count). The second kappa shape index (κ2) is 5.95. The topological polar surface area (TPSA) is 139 Å². The van der Waals surface area contributed by atoms with E-state index in [1.807, 2.05) is 4.72 Å². The number of sulfonamides is 1. The first-order valence-electron chi connectivity index (χ1n) is 4.88. The van der Waals surface area contributed by atoms with Crippen molar-refractivity contribution in [2.24, 2.45) is 5.73 Å². The van der Waals surface area contributed by atoms with Crippen molar-refractivity contribution in [2.75, 3.05) is 0 Å². The Morgan fingerprint density at radius 3 is 2.63 bits per heavy atom. The predicted octanol–water partition coefficient (Wildman–Crippen LogP) is -0.658. The van der Waals surface area contributed by atoms with Gasteiger partial charge in [-0.2, -0.15) is 4.72 Å². The number of primary amides is 1. The Morgan fingerprint density at radius 1 is 1.53 bits per heavy atom. The van der Waals surface area contributed by atoms with Gasteiger partial charge in [0.2, 0.25) is 15.9 Å². The first-order chi connectivity index (χ1) is 8.74. The van der Waals surface area contributed by atoms with Crippen molar-refractivity contribution >= 4 is 33.5 Å². The van der Waals surface area contributed by atoms with Gasteiger partial charge in [0.15, 0.2) is 0 Å². The van der Waals surface area contributed by atoms with E-state index in [1.54, 1.807) is 0 Å². The van der Waals surface area contributed by atoms with E-state index in [-0.39, 0.29) is 10.0 Å². The quantitative estimate of drug-likeness (QED) is 0.596. The van der Waals surface area contributed by atoms with Crippen LogP contribution in [0.1, 0.15) is 6.42 Å². The number of carboxylic acid groups (broad SMARTS) is 1. The van der Waals surface area contributed by atoms with E-state index in [0.29, 0.717) is 0 Å². The number of hydrogen-bond acceptors (Lipinski definition) is 5. The van der Waals surface area contributed by atoms with Crippen molar-refractivity contribution in [2.45, 2.75) is 17.4 Å². The third-order valence-corrected chi connectivity index (χ3v) is 3.93. The van der Waals surface area contributed by atoms with Gasteiger partial charge in [0.1, 0.15) is 16.1 Å². The third kappa shape index (κ3) is 4.16. The molecule has 0 saturated carbocycles. The molecule has 8 nitrogen and oxygen atoms in total. The maximum absolute atomic E-state index is 11.9. The summed E-state index contributed by atoms with van der Waals surface area (Å²) in [5.74, 6) is -2.48. The fraction of sp³-hybridized carbons (Fsp3) is 0.222. The first kappa shape index (κ1) is 15.3. The molecule has 1 aromatic heterocycles. The van der Waals surface area contributed by atoms with Crippen LogP contribution in [0.5, 0.6) is 0 Å². The number of rotatable bonds is 6. The van der Waals surface area contributed by atoms with Gasteiger partial charge in [-0.1, -0.05) is 11.6 Å². The monoisotopic (exact) mass is 307 g/mol. The molecule has 1 amide bonds. The van der Waals surface area contributed by atoms with Crippen LogP contribution in [0.2, 0.25) is 5.15 Å². The van der Waals surface area contributed by atoms with Crippen molar-refractivity contribution in [3.05, 3.63) is 23.5 Å². The molecule has 0 saturated heterocycles. The lowest BCUT2D eigenvalue weighted by atomic mass is 10.2. The summed E-state index contributed by atoms with van der Waals surface area (Å²) in [7, 11) is -4.21. The summed E-state index contributed by atoms with van der Waals surface area (Å²) in [6.45, 7) is 0. The highest BCUT2D eigenvalue weighted by Crippen LogP contribution is 2.18. The van der Waals surface area contributed by atoms with E-state index in [4.69, 9.17) is 22.4 Å². The maximum Gasteiger partial charge on any atom is 0.322 e. The van der Waals surface area contributed by atoms with E-state index in [0.717, 1.165) is 6.07 Å².